The predicted octanol–water partition coefficient (Wildman–Crippen LogP) is 4.60. The summed E-state index contributed by atoms with van der Waals surface area (Å²) in [5.41, 5.74) is 3.36. The standard InChI is InChI=1S/C16H21BrN2OS/c1-10(2)18-7-13-6-14(17)5-11(3)16(13)20-8-15-19-12(4)9-21-15/h5-6,9-10,18H,7-8H2,1-4H3. The van der Waals surface area contributed by atoms with E-state index in [1.54, 1.807) is 11.3 Å². The number of rotatable bonds is 6. The van der Waals surface area contributed by atoms with Crippen molar-refractivity contribution >= 4 is 27.3 Å². The molecule has 0 spiro atoms. The molecule has 0 fully saturated rings. The van der Waals surface area contributed by atoms with E-state index in [9.17, 15) is 0 Å². The van der Waals surface area contributed by atoms with E-state index in [2.05, 4.69) is 59.1 Å². The number of aryl methyl sites for hydroxylation is 2. The third-order valence-corrected chi connectivity index (χ3v) is 4.42. The fourth-order valence-corrected chi connectivity index (χ4v) is 3.36. The summed E-state index contributed by atoms with van der Waals surface area (Å²) in [6.45, 7) is 9.68. The molecule has 0 aliphatic heterocycles. The van der Waals surface area contributed by atoms with Crippen molar-refractivity contribution in [2.75, 3.05) is 0 Å². The van der Waals surface area contributed by atoms with Gasteiger partial charge < -0.3 is 10.1 Å². The van der Waals surface area contributed by atoms with Crippen molar-refractivity contribution in [2.45, 2.75) is 46.9 Å². The Morgan fingerprint density at radius 1 is 1.33 bits per heavy atom. The van der Waals surface area contributed by atoms with Crippen LogP contribution in [0.5, 0.6) is 5.75 Å². The van der Waals surface area contributed by atoms with Gasteiger partial charge in [0.1, 0.15) is 17.4 Å². The molecule has 1 aromatic carbocycles. The van der Waals surface area contributed by atoms with Crippen molar-refractivity contribution in [1.82, 2.24) is 10.3 Å². The number of thiazole rings is 1. The van der Waals surface area contributed by atoms with Crippen molar-refractivity contribution in [2.24, 2.45) is 0 Å². The lowest BCUT2D eigenvalue weighted by Gasteiger charge is -2.16. The second-order valence-corrected chi connectivity index (χ2v) is 7.28. The topological polar surface area (TPSA) is 34.1 Å². The van der Waals surface area contributed by atoms with Crippen LogP contribution in [0.15, 0.2) is 22.0 Å². The molecule has 0 aliphatic carbocycles. The van der Waals surface area contributed by atoms with Gasteiger partial charge in [0.2, 0.25) is 0 Å². The zero-order valence-corrected chi connectivity index (χ0v) is 15.3. The summed E-state index contributed by atoms with van der Waals surface area (Å²) in [6, 6.07) is 4.64. The maximum absolute atomic E-state index is 6.04. The molecule has 0 bridgehead atoms. The highest BCUT2D eigenvalue weighted by molar-refractivity contribution is 9.10. The lowest BCUT2D eigenvalue weighted by molar-refractivity contribution is 0.299. The molecular formula is C16H21BrN2OS. The Hall–Kier alpha value is -0.910. The van der Waals surface area contributed by atoms with Crippen LogP contribution in [0.25, 0.3) is 0 Å². The molecule has 2 rings (SSSR count). The zero-order chi connectivity index (χ0) is 15.4. The average Bonchev–Trinajstić information content (AvgIpc) is 2.80. The summed E-state index contributed by atoms with van der Waals surface area (Å²) >= 11 is 5.20. The number of aromatic nitrogens is 1. The first-order valence-electron chi connectivity index (χ1n) is 7.02. The average molecular weight is 369 g/mol. The van der Waals surface area contributed by atoms with Crippen LogP contribution in [-0.4, -0.2) is 11.0 Å². The normalized spacial score (nSPS) is 11.1. The minimum Gasteiger partial charge on any atom is -0.486 e. The first-order chi connectivity index (χ1) is 9.95. The summed E-state index contributed by atoms with van der Waals surface area (Å²) in [7, 11) is 0. The van der Waals surface area contributed by atoms with Crippen LogP contribution in [-0.2, 0) is 13.2 Å². The second kappa shape index (κ2) is 7.38. The van der Waals surface area contributed by atoms with Gasteiger partial charge in [-0.25, -0.2) is 4.98 Å². The Balaban J connectivity index is 2.15. The highest BCUT2D eigenvalue weighted by Gasteiger charge is 2.11. The summed E-state index contributed by atoms with van der Waals surface area (Å²) in [5, 5.41) is 6.51. The SMILES string of the molecule is Cc1csc(COc2c(C)cc(Br)cc2CNC(C)C)n1. The van der Waals surface area contributed by atoms with E-state index < -0.39 is 0 Å². The van der Waals surface area contributed by atoms with E-state index in [1.165, 1.54) is 5.56 Å². The van der Waals surface area contributed by atoms with Crippen molar-refractivity contribution < 1.29 is 4.74 Å². The number of hydrogen-bond acceptors (Lipinski definition) is 4. The summed E-state index contributed by atoms with van der Waals surface area (Å²) in [4.78, 5) is 4.45. The quantitative estimate of drug-likeness (QED) is 0.808. The third kappa shape index (κ3) is 4.80. The molecule has 0 amide bonds. The van der Waals surface area contributed by atoms with Gasteiger partial charge in [-0.3, -0.25) is 0 Å². The molecule has 114 valence electrons. The van der Waals surface area contributed by atoms with Gasteiger partial charge in [0.25, 0.3) is 0 Å². The summed E-state index contributed by atoms with van der Waals surface area (Å²) in [6.07, 6.45) is 0. The lowest BCUT2D eigenvalue weighted by atomic mass is 10.1. The zero-order valence-electron chi connectivity index (χ0n) is 12.9. The molecule has 1 heterocycles. The van der Waals surface area contributed by atoms with E-state index in [0.29, 0.717) is 12.6 Å². The summed E-state index contributed by atoms with van der Waals surface area (Å²) in [5.74, 6) is 0.958. The van der Waals surface area contributed by atoms with Crippen LogP contribution < -0.4 is 10.1 Å². The largest absolute Gasteiger partial charge is 0.486 e. The highest BCUT2D eigenvalue weighted by atomic mass is 79.9. The molecule has 0 radical (unpaired) electrons. The van der Waals surface area contributed by atoms with E-state index >= 15 is 0 Å². The van der Waals surface area contributed by atoms with Crippen LogP contribution in [0.3, 0.4) is 0 Å². The van der Waals surface area contributed by atoms with Crippen LogP contribution in [0.1, 0.15) is 35.7 Å². The van der Waals surface area contributed by atoms with E-state index in [4.69, 9.17) is 4.74 Å². The van der Waals surface area contributed by atoms with Crippen LogP contribution >= 0.6 is 27.3 Å². The number of hydrogen-bond donors (Lipinski definition) is 1. The molecular weight excluding hydrogens is 348 g/mol. The van der Waals surface area contributed by atoms with Crippen LogP contribution in [0.2, 0.25) is 0 Å². The monoisotopic (exact) mass is 368 g/mol. The van der Waals surface area contributed by atoms with Crippen molar-refractivity contribution in [1.29, 1.82) is 0 Å². The number of nitrogens with one attached hydrogen (secondary N) is 1. The Labute approximate surface area is 138 Å². The molecule has 5 heteroatoms. The molecule has 0 atom stereocenters. The fourth-order valence-electron chi connectivity index (χ4n) is 2.05. The Bertz CT molecular complexity index is 610. The van der Waals surface area contributed by atoms with Crippen LogP contribution in [0, 0.1) is 13.8 Å². The molecule has 0 saturated heterocycles. The Kier molecular flexibility index (Phi) is 5.79. The Morgan fingerprint density at radius 2 is 2.10 bits per heavy atom. The van der Waals surface area contributed by atoms with E-state index in [1.807, 2.05) is 12.3 Å². The van der Waals surface area contributed by atoms with E-state index in [0.717, 1.165) is 33.0 Å². The highest BCUT2D eigenvalue weighted by Crippen LogP contribution is 2.29. The van der Waals surface area contributed by atoms with Gasteiger partial charge in [-0.1, -0.05) is 29.8 Å². The minimum absolute atomic E-state index is 0.443. The number of benzene rings is 1. The third-order valence-electron chi connectivity index (χ3n) is 3.02. The first-order valence-corrected chi connectivity index (χ1v) is 8.69. The van der Waals surface area contributed by atoms with Crippen molar-refractivity contribution in [3.05, 3.63) is 43.8 Å². The molecule has 1 aromatic heterocycles. The maximum atomic E-state index is 6.04. The smallest absolute Gasteiger partial charge is 0.140 e. The second-order valence-electron chi connectivity index (χ2n) is 5.42. The van der Waals surface area contributed by atoms with Crippen molar-refractivity contribution in [3.8, 4) is 5.75 Å². The molecule has 2 aromatic rings. The summed E-state index contributed by atoms with van der Waals surface area (Å²) < 4.78 is 7.12. The predicted molar refractivity (Wildman–Crippen MR) is 92.0 cm³/mol. The molecule has 21 heavy (non-hydrogen) atoms. The minimum atomic E-state index is 0.443. The number of nitrogens with zero attached hydrogens (tertiary/aromatic N) is 1. The molecule has 1 N–H and O–H groups in total. The maximum Gasteiger partial charge on any atom is 0.140 e. The van der Waals surface area contributed by atoms with Gasteiger partial charge in [-0.05, 0) is 31.5 Å². The van der Waals surface area contributed by atoms with Gasteiger partial charge in [-0.15, -0.1) is 11.3 Å². The van der Waals surface area contributed by atoms with Crippen LogP contribution in [0.4, 0.5) is 0 Å². The lowest BCUT2D eigenvalue weighted by Crippen LogP contribution is -2.22. The molecule has 3 nitrogen and oxygen atoms in total. The number of halogens is 1. The molecule has 0 unspecified atom stereocenters. The van der Waals surface area contributed by atoms with Gasteiger partial charge in [0.15, 0.2) is 0 Å². The number of ether oxygens (including phenoxy) is 1. The van der Waals surface area contributed by atoms with Gasteiger partial charge in [0.05, 0.1) is 0 Å². The van der Waals surface area contributed by atoms with Gasteiger partial charge >= 0.3 is 0 Å². The van der Waals surface area contributed by atoms with Crippen molar-refractivity contribution in [3.63, 3.8) is 0 Å². The fraction of sp³-hybridized carbons (Fsp3) is 0.438. The van der Waals surface area contributed by atoms with Gasteiger partial charge in [-0.2, -0.15) is 0 Å². The molecule has 0 saturated carbocycles. The molecule has 0 aliphatic rings. The Morgan fingerprint density at radius 3 is 2.71 bits per heavy atom. The first kappa shape index (κ1) is 16.5. The van der Waals surface area contributed by atoms with E-state index in [-0.39, 0.29) is 0 Å². The van der Waals surface area contributed by atoms with Gasteiger partial charge in [0, 0.05) is 33.7 Å².